The molecular weight excluding hydrogens is 540 g/mol. The highest BCUT2D eigenvalue weighted by Gasteiger charge is 2.23. The molecule has 10 nitrogen and oxygen atoms in total. The van der Waals surface area contributed by atoms with Crippen LogP contribution >= 0.6 is 11.3 Å². The zero-order valence-corrected chi connectivity index (χ0v) is 22.9. The van der Waals surface area contributed by atoms with Crippen molar-refractivity contribution in [2.45, 2.75) is 31.7 Å². The molecule has 1 N–H and O–H groups in total. The van der Waals surface area contributed by atoms with E-state index in [4.69, 9.17) is 14.1 Å². The van der Waals surface area contributed by atoms with Crippen molar-refractivity contribution in [3.8, 4) is 17.2 Å². The topological polar surface area (TPSA) is 126 Å². The first-order valence-electron chi connectivity index (χ1n) is 13.7. The number of fused-ring (bicyclic) bond motifs is 2. The van der Waals surface area contributed by atoms with Crippen molar-refractivity contribution < 1.29 is 9.15 Å². The number of hydrogen-bond acceptors (Lipinski definition) is 10. The first-order chi connectivity index (χ1) is 20.1. The van der Waals surface area contributed by atoms with Crippen LogP contribution in [0.3, 0.4) is 0 Å². The number of pyridine rings is 1. The van der Waals surface area contributed by atoms with E-state index in [0.29, 0.717) is 59.5 Å². The maximum Gasteiger partial charge on any atom is 0.270 e. The molecule has 1 aliphatic carbocycles. The van der Waals surface area contributed by atoms with Gasteiger partial charge in [0.1, 0.15) is 22.0 Å². The van der Waals surface area contributed by atoms with Crippen LogP contribution in [0.5, 0.6) is 0 Å². The Morgan fingerprint density at radius 2 is 1.85 bits per heavy atom. The molecule has 0 spiro atoms. The highest BCUT2D eigenvalue weighted by molar-refractivity contribution is 7.17. The summed E-state index contributed by atoms with van der Waals surface area (Å²) in [5, 5.41) is 15.3. The van der Waals surface area contributed by atoms with Gasteiger partial charge in [0, 0.05) is 53.4 Å². The number of aromatic nitrogens is 3. The van der Waals surface area contributed by atoms with Crippen LogP contribution in [0.15, 0.2) is 62.0 Å². The molecule has 1 aliphatic heterocycles. The second kappa shape index (κ2) is 10.5. The highest BCUT2D eigenvalue weighted by atomic mass is 32.1. The van der Waals surface area contributed by atoms with E-state index in [1.165, 1.54) is 11.3 Å². The molecule has 0 radical (unpaired) electrons. The smallest absolute Gasteiger partial charge is 0.270 e. The van der Waals surface area contributed by atoms with Crippen LogP contribution in [0.4, 0.5) is 17.5 Å². The van der Waals surface area contributed by atoms with Crippen LogP contribution in [0.25, 0.3) is 32.4 Å². The van der Waals surface area contributed by atoms with Crippen molar-refractivity contribution in [1.82, 2.24) is 14.5 Å². The van der Waals surface area contributed by atoms with E-state index >= 15 is 0 Å². The fourth-order valence-electron chi connectivity index (χ4n) is 5.69. The van der Waals surface area contributed by atoms with Crippen LogP contribution in [0.1, 0.15) is 37.3 Å². The first-order valence-corrected chi connectivity index (χ1v) is 14.5. The largest absolute Gasteiger partial charge is 0.439 e. The lowest BCUT2D eigenvalue weighted by Gasteiger charge is -2.27. The van der Waals surface area contributed by atoms with Crippen molar-refractivity contribution in [3.63, 3.8) is 0 Å². The molecule has 41 heavy (non-hydrogen) atoms. The van der Waals surface area contributed by atoms with Gasteiger partial charge in [-0.15, -0.1) is 11.3 Å². The van der Waals surface area contributed by atoms with E-state index in [1.807, 2.05) is 40.6 Å². The molecule has 2 fully saturated rings. The molecule has 206 valence electrons. The van der Waals surface area contributed by atoms with E-state index in [-0.39, 0.29) is 22.6 Å². The number of rotatable bonds is 5. The molecule has 1 saturated heterocycles. The Balaban J connectivity index is 1.19. The minimum Gasteiger partial charge on any atom is -0.439 e. The Morgan fingerprint density at radius 3 is 2.61 bits per heavy atom. The van der Waals surface area contributed by atoms with Gasteiger partial charge >= 0.3 is 0 Å². The number of thiophene rings is 1. The van der Waals surface area contributed by atoms with Gasteiger partial charge in [-0.2, -0.15) is 10.2 Å². The zero-order valence-electron chi connectivity index (χ0n) is 22.1. The molecule has 1 saturated carbocycles. The standard InChI is InChI=1S/C30H26N6O4S/c31-15-19-13-20-16-32-30(34-28(20)36(29(19)38)22-3-1-2-4-22)33-21-7-5-18(6-8-21)23-17-41-27-24(37)14-25(40-26(23)27)35-9-11-39-12-10-35/h5-8,13-14,16-17,22H,1-4,9-12H2,(H,32,33,34). The monoisotopic (exact) mass is 566 g/mol. The van der Waals surface area contributed by atoms with Crippen molar-refractivity contribution in [3.05, 3.63) is 74.1 Å². The molecule has 1 aromatic carbocycles. The number of benzene rings is 1. The van der Waals surface area contributed by atoms with E-state index in [2.05, 4.69) is 10.3 Å². The number of ether oxygens (including phenoxy) is 1. The van der Waals surface area contributed by atoms with Crippen LogP contribution in [-0.4, -0.2) is 40.8 Å². The average Bonchev–Trinajstić information content (AvgIpc) is 3.69. The normalized spacial score (nSPS) is 15.9. The molecule has 11 heteroatoms. The molecule has 0 amide bonds. The van der Waals surface area contributed by atoms with Gasteiger partial charge in [0.15, 0.2) is 11.5 Å². The minimum atomic E-state index is -0.299. The third kappa shape index (κ3) is 4.65. The maximum atomic E-state index is 13.1. The van der Waals surface area contributed by atoms with Gasteiger partial charge in [-0.25, -0.2) is 4.98 Å². The molecule has 0 unspecified atom stereocenters. The lowest BCUT2D eigenvalue weighted by molar-refractivity contribution is 0.121. The van der Waals surface area contributed by atoms with Gasteiger partial charge in [-0.1, -0.05) is 25.0 Å². The van der Waals surface area contributed by atoms with Gasteiger partial charge in [0.25, 0.3) is 5.56 Å². The Kier molecular flexibility index (Phi) is 6.49. The molecule has 7 rings (SSSR count). The highest BCUT2D eigenvalue weighted by Crippen LogP contribution is 2.35. The Bertz CT molecular complexity index is 1930. The minimum absolute atomic E-state index is 0.0320. The van der Waals surface area contributed by atoms with Crippen LogP contribution in [0.2, 0.25) is 0 Å². The molecule has 4 aromatic heterocycles. The molecule has 0 bridgehead atoms. The summed E-state index contributed by atoms with van der Waals surface area (Å²) >= 11 is 1.38. The van der Waals surface area contributed by atoms with E-state index in [9.17, 15) is 14.9 Å². The first kappa shape index (κ1) is 25.4. The summed E-state index contributed by atoms with van der Waals surface area (Å²) in [6, 6.07) is 12.9. The number of morpholine rings is 1. The Labute approximate surface area is 238 Å². The lowest BCUT2D eigenvalue weighted by Crippen LogP contribution is -2.36. The van der Waals surface area contributed by atoms with E-state index in [1.54, 1.807) is 22.9 Å². The summed E-state index contributed by atoms with van der Waals surface area (Å²) in [6.45, 7) is 2.57. The predicted molar refractivity (Wildman–Crippen MR) is 158 cm³/mol. The predicted octanol–water partition coefficient (Wildman–Crippen LogP) is 5.19. The molecule has 2 aliphatic rings. The summed E-state index contributed by atoms with van der Waals surface area (Å²) in [5.74, 6) is 0.929. The average molecular weight is 567 g/mol. The second-order valence-corrected chi connectivity index (χ2v) is 11.2. The summed E-state index contributed by atoms with van der Waals surface area (Å²) in [7, 11) is 0. The van der Waals surface area contributed by atoms with Crippen molar-refractivity contribution in [2.24, 2.45) is 0 Å². The van der Waals surface area contributed by atoms with Gasteiger partial charge < -0.3 is 19.4 Å². The van der Waals surface area contributed by atoms with E-state index in [0.717, 1.165) is 42.5 Å². The van der Waals surface area contributed by atoms with Gasteiger partial charge in [0.2, 0.25) is 11.4 Å². The maximum absolute atomic E-state index is 13.1. The van der Waals surface area contributed by atoms with Crippen molar-refractivity contribution >= 4 is 50.2 Å². The van der Waals surface area contributed by atoms with Crippen molar-refractivity contribution in [1.29, 1.82) is 5.26 Å². The third-order valence-electron chi connectivity index (χ3n) is 7.79. The number of anilines is 3. The van der Waals surface area contributed by atoms with Crippen LogP contribution in [0, 0.1) is 11.3 Å². The summed E-state index contributed by atoms with van der Waals surface area (Å²) in [5.41, 5.74) is 3.43. The van der Waals surface area contributed by atoms with Crippen LogP contribution < -0.4 is 21.2 Å². The number of nitriles is 1. The molecule has 0 atom stereocenters. The summed E-state index contributed by atoms with van der Waals surface area (Å²) in [6.07, 6.45) is 5.54. The molecule has 5 heterocycles. The molecule has 5 aromatic rings. The van der Waals surface area contributed by atoms with Gasteiger partial charge in [-0.3, -0.25) is 14.2 Å². The lowest BCUT2D eigenvalue weighted by atomic mass is 10.1. The quantitative estimate of drug-likeness (QED) is 0.306. The molecular formula is C30H26N6O4S. The fraction of sp³-hybridized carbons (Fsp3) is 0.300. The summed E-state index contributed by atoms with van der Waals surface area (Å²) < 4.78 is 14.0. The van der Waals surface area contributed by atoms with Gasteiger partial charge in [0.05, 0.1) is 13.2 Å². The number of hydrogen-bond donors (Lipinski definition) is 1. The fourth-order valence-corrected chi connectivity index (χ4v) is 6.61. The van der Waals surface area contributed by atoms with Crippen LogP contribution in [-0.2, 0) is 4.74 Å². The SMILES string of the molecule is N#Cc1cc2cnc(Nc3ccc(-c4csc5c(=O)cc(N6CCOCC6)oc45)cc3)nc2n(C2CCCC2)c1=O. The third-order valence-corrected chi connectivity index (χ3v) is 8.76. The summed E-state index contributed by atoms with van der Waals surface area (Å²) in [4.78, 5) is 37.1. The Morgan fingerprint density at radius 1 is 1.07 bits per heavy atom. The number of nitrogens with one attached hydrogen (secondary N) is 1. The van der Waals surface area contributed by atoms with Gasteiger partial charge in [-0.05, 0) is 36.6 Å². The van der Waals surface area contributed by atoms with E-state index < -0.39 is 0 Å². The van der Waals surface area contributed by atoms with Crippen molar-refractivity contribution in [2.75, 3.05) is 36.5 Å². The number of nitrogens with zero attached hydrogens (tertiary/aromatic N) is 5. The zero-order chi connectivity index (χ0) is 27.9. The Hall–Kier alpha value is -4.53. The second-order valence-electron chi connectivity index (χ2n) is 10.3.